The molecular formula is C18H20N2O2. The molecule has 2 heterocycles. The van der Waals surface area contributed by atoms with Gasteiger partial charge in [-0.05, 0) is 61.8 Å². The predicted molar refractivity (Wildman–Crippen MR) is 86.1 cm³/mol. The predicted octanol–water partition coefficient (Wildman–Crippen LogP) is 3.26. The van der Waals surface area contributed by atoms with Gasteiger partial charge in [-0.2, -0.15) is 0 Å². The SMILES string of the molecule is CN1CCCC(c2cc(-c3cccc(C(=O)O)c3)ccn2)C1. The highest BCUT2D eigenvalue weighted by atomic mass is 16.4. The number of nitrogens with zero attached hydrogens (tertiary/aromatic N) is 2. The van der Waals surface area contributed by atoms with Crippen LogP contribution in [-0.4, -0.2) is 41.1 Å². The molecule has 1 aromatic carbocycles. The number of likely N-dealkylation sites (tertiary alicyclic amines) is 1. The van der Waals surface area contributed by atoms with Gasteiger partial charge in [-0.25, -0.2) is 4.79 Å². The summed E-state index contributed by atoms with van der Waals surface area (Å²) in [5.74, 6) is -0.439. The minimum absolute atomic E-state index is 0.313. The lowest BCUT2D eigenvalue weighted by Gasteiger charge is -2.29. The van der Waals surface area contributed by atoms with E-state index in [-0.39, 0.29) is 0 Å². The third-order valence-corrected chi connectivity index (χ3v) is 4.27. The van der Waals surface area contributed by atoms with Crippen molar-refractivity contribution in [2.75, 3.05) is 20.1 Å². The van der Waals surface area contributed by atoms with Gasteiger partial charge >= 0.3 is 5.97 Å². The molecule has 3 rings (SSSR count). The maximum Gasteiger partial charge on any atom is 0.335 e. The van der Waals surface area contributed by atoms with Crippen molar-refractivity contribution in [1.29, 1.82) is 0 Å². The molecule has 0 spiro atoms. The molecule has 2 aromatic rings. The van der Waals surface area contributed by atoms with E-state index in [9.17, 15) is 4.79 Å². The number of benzene rings is 1. The number of hydrogen-bond acceptors (Lipinski definition) is 3. The van der Waals surface area contributed by atoms with Crippen LogP contribution >= 0.6 is 0 Å². The number of likely N-dealkylation sites (N-methyl/N-ethyl adjacent to an activating group) is 1. The second-order valence-corrected chi connectivity index (χ2v) is 5.96. The van der Waals surface area contributed by atoms with E-state index in [1.165, 1.54) is 6.42 Å². The van der Waals surface area contributed by atoms with Crippen LogP contribution in [0.5, 0.6) is 0 Å². The minimum Gasteiger partial charge on any atom is -0.478 e. The number of carbonyl (C=O) groups is 1. The Bertz CT molecular complexity index is 684. The molecule has 1 aromatic heterocycles. The van der Waals surface area contributed by atoms with E-state index in [4.69, 9.17) is 5.11 Å². The smallest absolute Gasteiger partial charge is 0.335 e. The molecule has 1 fully saturated rings. The monoisotopic (exact) mass is 296 g/mol. The Morgan fingerprint density at radius 1 is 1.27 bits per heavy atom. The molecule has 114 valence electrons. The maximum atomic E-state index is 11.1. The van der Waals surface area contributed by atoms with Gasteiger partial charge in [0, 0.05) is 24.4 Å². The summed E-state index contributed by atoms with van der Waals surface area (Å²) in [4.78, 5) is 18.0. The van der Waals surface area contributed by atoms with Crippen LogP contribution in [0.4, 0.5) is 0 Å². The molecule has 4 nitrogen and oxygen atoms in total. The Kier molecular flexibility index (Phi) is 4.20. The molecule has 1 aliphatic heterocycles. The number of aromatic carboxylic acids is 1. The van der Waals surface area contributed by atoms with Crippen molar-refractivity contribution in [3.8, 4) is 11.1 Å². The summed E-state index contributed by atoms with van der Waals surface area (Å²) < 4.78 is 0. The van der Waals surface area contributed by atoms with Crippen LogP contribution in [0.2, 0.25) is 0 Å². The average molecular weight is 296 g/mol. The lowest BCUT2D eigenvalue weighted by molar-refractivity contribution is 0.0697. The largest absolute Gasteiger partial charge is 0.478 e. The van der Waals surface area contributed by atoms with Gasteiger partial charge in [-0.3, -0.25) is 4.98 Å². The van der Waals surface area contributed by atoms with E-state index in [2.05, 4.69) is 23.0 Å². The number of hydrogen-bond donors (Lipinski definition) is 1. The molecule has 1 unspecified atom stereocenters. The molecule has 1 N–H and O–H groups in total. The summed E-state index contributed by atoms with van der Waals surface area (Å²) in [6, 6.07) is 11.1. The highest BCUT2D eigenvalue weighted by molar-refractivity contribution is 5.89. The third-order valence-electron chi connectivity index (χ3n) is 4.27. The first-order valence-corrected chi connectivity index (χ1v) is 7.62. The first-order valence-electron chi connectivity index (χ1n) is 7.62. The van der Waals surface area contributed by atoms with Gasteiger partial charge < -0.3 is 10.0 Å². The van der Waals surface area contributed by atoms with Gasteiger partial charge in [0.05, 0.1) is 5.56 Å². The first-order chi connectivity index (χ1) is 10.6. The fourth-order valence-electron chi connectivity index (χ4n) is 3.09. The van der Waals surface area contributed by atoms with E-state index in [1.54, 1.807) is 18.2 Å². The third kappa shape index (κ3) is 3.17. The van der Waals surface area contributed by atoms with Crippen molar-refractivity contribution in [2.24, 2.45) is 0 Å². The van der Waals surface area contributed by atoms with Gasteiger partial charge in [0.2, 0.25) is 0 Å². The zero-order valence-electron chi connectivity index (χ0n) is 12.7. The van der Waals surface area contributed by atoms with Crippen LogP contribution in [-0.2, 0) is 0 Å². The van der Waals surface area contributed by atoms with Gasteiger partial charge in [0.15, 0.2) is 0 Å². The molecular weight excluding hydrogens is 276 g/mol. The number of pyridine rings is 1. The van der Waals surface area contributed by atoms with Crippen LogP contribution in [0, 0.1) is 0 Å². The summed E-state index contributed by atoms with van der Waals surface area (Å²) >= 11 is 0. The van der Waals surface area contributed by atoms with E-state index in [0.29, 0.717) is 11.5 Å². The van der Waals surface area contributed by atoms with Crippen molar-refractivity contribution in [3.05, 3.63) is 53.9 Å². The zero-order valence-corrected chi connectivity index (χ0v) is 12.7. The van der Waals surface area contributed by atoms with Crippen molar-refractivity contribution in [3.63, 3.8) is 0 Å². The molecule has 1 saturated heterocycles. The molecule has 0 amide bonds. The van der Waals surface area contributed by atoms with Gasteiger partial charge in [-0.1, -0.05) is 12.1 Å². The normalized spacial score (nSPS) is 19.0. The lowest BCUT2D eigenvalue weighted by Crippen LogP contribution is -2.31. The maximum absolute atomic E-state index is 11.1. The summed E-state index contributed by atoms with van der Waals surface area (Å²) in [5.41, 5.74) is 3.37. The van der Waals surface area contributed by atoms with E-state index in [0.717, 1.165) is 36.3 Å². The average Bonchev–Trinajstić information content (AvgIpc) is 2.55. The topological polar surface area (TPSA) is 53.4 Å². The molecule has 0 aliphatic carbocycles. The summed E-state index contributed by atoms with van der Waals surface area (Å²) in [6.45, 7) is 2.18. The molecule has 4 heteroatoms. The molecule has 1 aliphatic rings. The number of carboxylic acid groups (broad SMARTS) is 1. The van der Waals surface area contributed by atoms with Crippen LogP contribution < -0.4 is 0 Å². The van der Waals surface area contributed by atoms with Crippen LogP contribution in [0.25, 0.3) is 11.1 Å². The first kappa shape index (κ1) is 14.7. The summed E-state index contributed by atoms with van der Waals surface area (Å²) in [5, 5.41) is 9.13. The number of aromatic nitrogens is 1. The number of piperidine rings is 1. The Balaban J connectivity index is 1.90. The van der Waals surface area contributed by atoms with Crippen molar-refractivity contribution in [1.82, 2.24) is 9.88 Å². The van der Waals surface area contributed by atoms with E-state index < -0.39 is 5.97 Å². The van der Waals surface area contributed by atoms with Crippen molar-refractivity contribution >= 4 is 5.97 Å². The molecule has 0 radical (unpaired) electrons. The zero-order chi connectivity index (χ0) is 15.5. The standard InChI is InChI=1S/C18H20N2O2/c1-20-9-3-6-16(12-20)17-11-14(7-8-19-17)13-4-2-5-15(10-13)18(21)22/h2,4-5,7-8,10-11,16H,3,6,9,12H2,1H3,(H,21,22). The second kappa shape index (κ2) is 6.28. The summed E-state index contributed by atoms with van der Waals surface area (Å²) in [7, 11) is 2.15. The number of rotatable bonds is 3. The summed E-state index contributed by atoms with van der Waals surface area (Å²) in [6.07, 6.45) is 4.18. The highest BCUT2D eigenvalue weighted by Gasteiger charge is 2.20. The van der Waals surface area contributed by atoms with Gasteiger partial charge in [0.1, 0.15) is 0 Å². The molecule has 22 heavy (non-hydrogen) atoms. The molecule has 0 bridgehead atoms. The van der Waals surface area contributed by atoms with E-state index >= 15 is 0 Å². The Hall–Kier alpha value is -2.20. The Morgan fingerprint density at radius 3 is 2.86 bits per heavy atom. The number of carboxylic acids is 1. The minimum atomic E-state index is -0.898. The Labute approximate surface area is 130 Å². The van der Waals surface area contributed by atoms with Gasteiger partial charge in [0.25, 0.3) is 0 Å². The van der Waals surface area contributed by atoms with Crippen molar-refractivity contribution < 1.29 is 9.90 Å². The fraction of sp³-hybridized carbons (Fsp3) is 0.333. The molecule has 1 atom stereocenters. The fourth-order valence-corrected chi connectivity index (χ4v) is 3.09. The van der Waals surface area contributed by atoms with Crippen LogP contribution in [0.3, 0.4) is 0 Å². The second-order valence-electron chi connectivity index (χ2n) is 5.96. The highest BCUT2D eigenvalue weighted by Crippen LogP contribution is 2.28. The Morgan fingerprint density at radius 2 is 2.09 bits per heavy atom. The molecule has 0 saturated carbocycles. The lowest BCUT2D eigenvalue weighted by atomic mass is 9.93. The van der Waals surface area contributed by atoms with Crippen LogP contribution in [0.1, 0.15) is 34.8 Å². The van der Waals surface area contributed by atoms with Crippen LogP contribution in [0.15, 0.2) is 42.6 Å². The van der Waals surface area contributed by atoms with Crippen molar-refractivity contribution in [2.45, 2.75) is 18.8 Å². The van der Waals surface area contributed by atoms with E-state index in [1.807, 2.05) is 18.3 Å². The van der Waals surface area contributed by atoms with Gasteiger partial charge in [-0.15, -0.1) is 0 Å². The quantitative estimate of drug-likeness (QED) is 0.944.